The van der Waals surface area contributed by atoms with Gasteiger partial charge in [0.25, 0.3) is 0 Å². The van der Waals surface area contributed by atoms with E-state index in [0.717, 1.165) is 39.7 Å². The molecule has 0 atom stereocenters. The van der Waals surface area contributed by atoms with Crippen LogP contribution in [0.15, 0.2) is 47.7 Å². The normalized spacial score (nSPS) is 14.6. The second-order valence-corrected chi connectivity index (χ2v) is 6.12. The standard InChI is InChI=1S/C19H14FN3O2/c1-11-9-21-18-7-13-6-16-17(25-10-24-16)8-15(13)19(22-23(11)18)12-2-4-14(20)5-3-12/h2-6,8-9H,7,10H2,1H3. The van der Waals surface area contributed by atoms with Crippen molar-refractivity contribution in [1.29, 1.82) is 0 Å². The van der Waals surface area contributed by atoms with Crippen molar-refractivity contribution in [2.24, 2.45) is 5.10 Å². The summed E-state index contributed by atoms with van der Waals surface area (Å²) in [6, 6.07) is 10.3. The van der Waals surface area contributed by atoms with Crippen LogP contribution < -0.4 is 9.47 Å². The SMILES string of the molecule is Cc1cnc2n1N=C(c1ccc(F)cc1)c1cc3c(cc1C2)OCO3. The topological polar surface area (TPSA) is 48.6 Å². The fraction of sp³-hybridized carbons (Fsp3) is 0.158. The van der Waals surface area contributed by atoms with E-state index in [-0.39, 0.29) is 12.6 Å². The lowest BCUT2D eigenvalue weighted by Gasteiger charge is -2.11. The van der Waals surface area contributed by atoms with E-state index in [1.54, 1.807) is 18.3 Å². The van der Waals surface area contributed by atoms with Crippen LogP contribution in [0.5, 0.6) is 11.5 Å². The third kappa shape index (κ3) is 2.21. The number of aromatic nitrogens is 2. The molecule has 2 aliphatic rings. The van der Waals surface area contributed by atoms with Crippen LogP contribution in [0.4, 0.5) is 4.39 Å². The maximum absolute atomic E-state index is 13.4. The highest BCUT2D eigenvalue weighted by molar-refractivity contribution is 6.14. The van der Waals surface area contributed by atoms with E-state index in [4.69, 9.17) is 14.6 Å². The Morgan fingerprint density at radius 2 is 1.84 bits per heavy atom. The van der Waals surface area contributed by atoms with Gasteiger partial charge in [0.1, 0.15) is 11.6 Å². The molecule has 6 heteroatoms. The van der Waals surface area contributed by atoms with Crippen molar-refractivity contribution in [3.8, 4) is 11.5 Å². The number of aryl methyl sites for hydroxylation is 1. The average Bonchev–Trinajstić information content (AvgIpc) is 3.16. The fourth-order valence-electron chi connectivity index (χ4n) is 3.23. The number of nitrogens with zero attached hydrogens (tertiary/aromatic N) is 3. The summed E-state index contributed by atoms with van der Waals surface area (Å²) in [4.78, 5) is 4.47. The highest BCUT2D eigenvalue weighted by Crippen LogP contribution is 2.37. The predicted octanol–water partition coefficient (Wildman–Crippen LogP) is 3.26. The molecule has 5 rings (SSSR count). The number of halogens is 1. The van der Waals surface area contributed by atoms with Crippen LogP contribution in [0.1, 0.15) is 28.2 Å². The number of hydrogen-bond donors (Lipinski definition) is 0. The summed E-state index contributed by atoms with van der Waals surface area (Å²) in [6.07, 6.45) is 2.44. The quantitative estimate of drug-likeness (QED) is 0.536. The molecule has 5 nitrogen and oxygen atoms in total. The van der Waals surface area contributed by atoms with Gasteiger partial charge in [-0.25, -0.2) is 14.1 Å². The summed E-state index contributed by atoms with van der Waals surface area (Å²) in [5, 5.41) is 4.82. The van der Waals surface area contributed by atoms with Crippen LogP contribution in [-0.4, -0.2) is 22.2 Å². The summed E-state index contributed by atoms with van der Waals surface area (Å²) in [5.41, 5.74) is 4.54. The molecule has 0 fully saturated rings. The monoisotopic (exact) mass is 335 g/mol. The zero-order valence-electron chi connectivity index (χ0n) is 13.5. The first-order chi connectivity index (χ1) is 12.2. The zero-order chi connectivity index (χ0) is 17.0. The van der Waals surface area contributed by atoms with E-state index in [9.17, 15) is 4.39 Å². The molecule has 25 heavy (non-hydrogen) atoms. The first-order valence-electron chi connectivity index (χ1n) is 8.00. The van der Waals surface area contributed by atoms with Crippen LogP contribution in [0.25, 0.3) is 0 Å². The first kappa shape index (κ1) is 14.2. The van der Waals surface area contributed by atoms with E-state index < -0.39 is 0 Å². The van der Waals surface area contributed by atoms with Crippen molar-refractivity contribution in [2.45, 2.75) is 13.3 Å². The molecule has 0 radical (unpaired) electrons. The molecule has 2 aliphatic heterocycles. The number of fused-ring (bicyclic) bond motifs is 3. The molecule has 2 aromatic carbocycles. The molecule has 0 unspecified atom stereocenters. The summed E-state index contributed by atoms with van der Waals surface area (Å²) in [7, 11) is 0. The molecule has 3 heterocycles. The summed E-state index contributed by atoms with van der Waals surface area (Å²) in [5.74, 6) is 2.01. The summed E-state index contributed by atoms with van der Waals surface area (Å²) in [6.45, 7) is 2.18. The highest BCUT2D eigenvalue weighted by Gasteiger charge is 2.25. The van der Waals surface area contributed by atoms with Gasteiger partial charge >= 0.3 is 0 Å². The van der Waals surface area contributed by atoms with E-state index in [2.05, 4.69) is 4.98 Å². The molecular weight excluding hydrogens is 321 g/mol. The number of hydrogen-bond acceptors (Lipinski definition) is 4. The molecule has 0 saturated heterocycles. The molecule has 0 spiro atoms. The maximum Gasteiger partial charge on any atom is 0.231 e. The average molecular weight is 335 g/mol. The first-order valence-corrected chi connectivity index (χ1v) is 8.00. The summed E-state index contributed by atoms with van der Waals surface area (Å²) < 4.78 is 26.3. The Morgan fingerprint density at radius 3 is 2.64 bits per heavy atom. The number of imidazole rings is 1. The van der Waals surface area contributed by atoms with Gasteiger partial charge in [-0.1, -0.05) is 0 Å². The molecule has 0 saturated carbocycles. The minimum Gasteiger partial charge on any atom is -0.454 e. The van der Waals surface area contributed by atoms with Crippen molar-refractivity contribution >= 4 is 5.71 Å². The predicted molar refractivity (Wildman–Crippen MR) is 89.8 cm³/mol. The van der Waals surface area contributed by atoms with Gasteiger partial charge in [0.2, 0.25) is 6.79 Å². The highest BCUT2D eigenvalue weighted by atomic mass is 19.1. The van der Waals surface area contributed by atoms with E-state index >= 15 is 0 Å². The Labute approximate surface area is 143 Å². The molecule has 0 aliphatic carbocycles. The van der Waals surface area contributed by atoms with Gasteiger partial charge in [-0.3, -0.25) is 0 Å². The number of benzene rings is 2. The molecule has 124 valence electrons. The van der Waals surface area contributed by atoms with Gasteiger partial charge in [0, 0.05) is 17.5 Å². The van der Waals surface area contributed by atoms with Crippen molar-refractivity contribution < 1.29 is 13.9 Å². The minimum atomic E-state index is -0.275. The van der Waals surface area contributed by atoms with Crippen LogP contribution in [0.2, 0.25) is 0 Å². The van der Waals surface area contributed by atoms with E-state index in [1.165, 1.54) is 12.1 Å². The third-order valence-corrected chi connectivity index (χ3v) is 4.50. The maximum atomic E-state index is 13.4. The Balaban J connectivity index is 1.78. The van der Waals surface area contributed by atoms with E-state index in [0.29, 0.717) is 12.2 Å². The number of rotatable bonds is 1. The fourth-order valence-corrected chi connectivity index (χ4v) is 3.23. The molecular formula is C19H14FN3O2. The molecule has 3 aromatic rings. The molecule has 0 N–H and O–H groups in total. The second kappa shape index (κ2) is 5.17. The largest absolute Gasteiger partial charge is 0.454 e. The van der Waals surface area contributed by atoms with Crippen molar-refractivity contribution in [1.82, 2.24) is 9.66 Å². The molecule has 1 aromatic heterocycles. The Kier molecular flexibility index (Phi) is 2.94. The smallest absolute Gasteiger partial charge is 0.231 e. The van der Waals surface area contributed by atoms with Gasteiger partial charge in [-0.15, -0.1) is 0 Å². The van der Waals surface area contributed by atoms with Crippen LogP contribution in [0.3, 0.4) is 0 Å². The van der Waals surface area contributed by atoms with Crippen LogP contribution in [0, 0.1) is 12.7 Å². The van der Waals surface area contributed by atoms with Crippen molar-refractivity contribution in [3.05, 3.63) is 76.6 Å². The zero-order valence-corrected chi connectivity index (χ0v) is 13.5. The van der Waals surface area contributed by atoms with Gasteiger partial charge in [-0.2, -0.15) is 5.10 Å². The van der Waals surface area contributed by atoms with Crippen LogP contribution in [-0.2, 0) is 6.42 Å². The van der Waals surface area contributed by atoms with Gasteiger partial charge in [0.15, 0.2) is 11.5 Å². The van der Waals surface area contributed by atoms with Gasteiger partial charge < -0.3 is 9.47 Å². The third-order valence-electron chi connectivity index (χ3n) is 4.50. The van der Waals surface area contributed by atoms with Crippen LogP contribution >= 0.6 is 0 Å². The Hall–Kier alpha value is -3.15. The Bertz CT molecular complexity index is 1020. The summed E-state index contributed by atoms with van der Waals surface area (Å²) >= 11 is 0. The molecule has 0 bridgehead atoms. The lowest BCUT2D eigenvalue weighted by molar-refractivity contribution is 0.174. The lowest BCUT2D eigenvalue weighted by Crippen LogP contribution is -2.07. The lowest BCUT2D eigenvalue weighted by atomic mass is 9.95. The number of ether oxygens (including phenoxy) is 2. The minimum absolute atomic E-state index is 0.217. The molecule has 0 amide bonds. The van der Waals surface area contributed by atoms with Gasteiger partial charge in [0.05, 0.1) is 17.6 Å². The van der Waals surface area contributed by atoms with Crippen molar-refractivity contribution in [3.63, 3.8) is 0 Å². The Morgan fingerprint density at radius 1 is 1.08 bits per heavy atom. The second-order valence-electron chi connectivity index (χ2n) is 6.12. The van der Waals surface area contributed by atoms with E-state index in [1.807, 2.05) is 23.7 Å². The van der Waals surface area contributed by atoms with Gasteiger partial charge in [-0.05, 0) is 48.9 Å². The van der Waals surface area contributed by atoms with Crippen molar-refractivity contribution in [2.75, 3.05) is 6.79 Å².